The summed E-state index contributed by atoms with van der Waals surface area (Å²) in [5, 5.41) is 3.17. The van der Waals surface area contributed by atoms with Gasteiger partial charge < -0.3 is 15.5 Å². The van der Waals surface area contributed by atoms with Crippen molar-refractivity contribution < 1.29 is 4.42 Å². The molecular weight excluding hydrogens is 140 g/mol. The first kappa shape index (κ1) is 8.30. The van der Waals surface area contributed by atoms with Crippen LogP contribution in [-0.2, 0) is 6.54 Å². The van der Waals surface area contributed by atoms with Gasteiger partial charge in [0, 0.05) is 12.6 Å². The molecule has 1 aromatic heterocycles. The molecule has 0 amide bonds. The smallest absolute Gasteiger partial charge is 0.117 e. The molecule has 3 heteroatoms. The highest BCUT2D eigenvalue weighted by atomic mass is 16.3. The molecule has 0 aromatic carbocycles. The molecule has 0 aliphatic carbocycles. The average Bonchev–Trinajstić information content (AvgIpc) is 2.39. The lowest BCUT2D eigenvalue weighted by atomic mass is 10.3. The lowest BCUT2D eigenvalue weighted by Crippen LogP contribution is -2.30. The minimum atomic E-state index is 0.199. The van der Waals surface area contributed by atoms with Crippen molar-refractivity contribution in [1.29, 1.82) is 0 Å². The van der Waals surface area contributed by atoms with E-state index in [-0.39, 0.29) is 6.04 Å². The summed E-state index contributed by atoms with van der Waals surface area (Å²) in [6.45, 7) is 3.55. The third-order valence-corrected chi connectivity index (χ3v) is 1.35. The van der Waals surface area contributed by atoms with E-state index in [9.17, 15) is 0 Å². The topological polar surface area (TPSA) is 51.2 Å². The van der Waals surface area contributed by atoms with Crippen LogP contribution in [0.2, 0.25) is 0 Å². The number of rotatable bonds is 4. The van der Waals surface area contributed by atoms with Gasteiger partial charge in [-0.1, -0.05) is 0 Å². The van der Waals surface area contributed by atoms with Crippen LogP contribution in [0.5, 0.6) is 0 Å². The first-order chi connectivity index (χ1) is 5.29. The maximum absolute atomic E-state index is 5.54. The second kappa shape index (κ2) is 4.16. The van der Waals surface area contributed by atoms with Gasteiger partial charge in [-0.3, -0.25) is 0 Å². The molecule has 0 fully saturated rings. The summed E-state index contributed by atoms with van der Waals surface area (Å²) in [4.78, 5) is 0. The number of nitrogens with one attached hydrogen (secondary N) is 1. The summed E-state index contributed by atoms with van der Waals surface area (Å²) >= 11 is 0. The van der Waals surface area contributed by atoms with Crippen LogP contribution in [0.15, 0.2) is 22.8 Å². The Kier molecular flexibility index (Phi) is 3.14. The summed E-state index contributed by atoms with van der Waals surface area (Å²) < 4.78 is 5.11. The van der Waals surface area contributed by atoms with E-state index in [4.69, 9.17) is 10.2 Å². The van der Waals surface area contributed by atoms with Crippen LogP contribution < -0.4 is 11.1 Å². The number of furan rings is 1. The Bertz CT molecular complexity index is 182. The molecule has 0 saturated heterocycles. The highest BCUT2D eigenvalue weighted by molar-refractivity contribution is 4.97. The van der Waals surface area contributed by atoms with E-state index >= 15 is 0 Å². The third kappa shape index (κ3) is 3.20. The summed E-state index contributed by atoms with van der Waals surface area (Å²) in [7, 11) is 0. The van der Waals surface area contributed by atoms with E-state index in [1.54, 1.807) is 6.26 Å². The monoisotopic (exact) mass is 154 g/mol. The molecule has 0 radical (unpaired) electrons. The molecule has 0 aliphatic heterocycles. The summed E-state index contributed by atoms with van der Waals surface area (Å²) in [5.74, 6) is 0.950. The van der Waals surface area contributed by atoms with Gasteiger partial charge >= 0.3 is 0 Å². The fourth-order valence-corrected chi connectivity index (χ4v) is 0.836. The van der Waals surface area contributed by atoms with Crippen LogP contribution in [0.3, 0.4) is 0 Å². The second-order valence-electron chi connectivity index (χ2n) is 2.69. The standard InChI is InChI=1S/C8H14N2O/c1-7(9)5-10-6-8-3-2-4-11-8/h2-4,7,10H,5-6,9H2,1H3. The van der Waals surface area contributed by atoms with Crippen molar-refractivity contribution in [3.8, 4) is 0 Å². The number of hydrogen-bond acceptors (Lipinski definition) is 3. The molecular formula is C8H14N2O. The highest BCUT2D eigenvalue weighted by Gasteiger charge is 1.95. The van der Waals surface area contributed by atoms with Gasteiger partial charge in [0.1, 0.15) is 5.76 Å². The predicted molar refractivity (Wildman–Crippen MR) is 44.1 cm³/mol. The molecule has 11 heavy (non-hydrogen) atoms. The van der Waals surface area contributed by atoms with E-state index in [2.05, 4.69) is 5.32 Å². The molecule has 1 heterocycles. The summed E-state index contributed by atoms with van der Waals surface area (Å²) in [6, 6.07) is 4.02. The first-order valence-electron chi connectivity index (χ1n) is 3.77. The van der Waals surface area contributed by atoms with Gasteiger partial charge in [-0.15, -0.1) is 0 Å². The third-order valence-electron chi connectivity index (χ3n) is 1.35. The molecule has 3 nitrogen and oxygen atoms in total. The molecule has 0 saturated carbocycles. The highest BCUT2D eigenvalue weighted by Crippen LogP contribution is 1.97. The lowest BCUT2D eigenvalue weighted by Gasteiger charge is -2.04. The zero-order valence-electron chi connectivity index (χ0n) is 6.71. The van der Waals surface area contributed by atoms with Crippen molar-refractivity contribution in [3.63, 3.8) is 0 Å². The first-order valence-corrected chi connectivity index (χ1v) is 3.77. The quantitative estimate of drug-likeness (QED) is 0.671. The van der Waals surface area contributed by atoms with E-state index in [0.29, 0.717) is 0 Å². The summed E-state index contributed by atoms with van der Waals surface area (Å²) in [5.41, 5.74) is 5.54. The molecule has 62 valence electrons. The van der Waals surface area contributed by atoms with Gasteiger partial charge in [0.15, 0.2) is 0 Å². The van der Waals surface area contributed by atoms with Crippen molar-refractivity contribution >= 4 is 0 Å². The fourth-order valence-electron chi connectivity index (χ4n) is 0.836. The Morgan fingerprint density at radius 1 is 1.73 bits per heavy atom. The Labute approximate surface area is 66.6 Å². The Morgan fingerprint density at radius 2 is 2.55 bits per heavy atom. The van der Waals surface area contributed by atoms with Crippen molar-refractivity contribution in [3.05, 3.63) is 24.2 Å². The minimum Gasteiger partial charge on any atom is -0.468 e. The molecule has 1 atom stereocenters. The Hall–Kier alpha value is -0.800. The largest absolute Gasteiger partial charge is 0.468 e. The van der Waals surface area contributed by atoms with Crippen LogP contribution in [0, 0.1) is 0 Å². The Balaban J connectivity index is 2.14. The van der Waals surface area contributed by atoms with E-state index < -0.39 is 0 Å². The maximum Gasteiger partial charge on any atom is 0.117 e. The molecule has 1 unspecified atom stereocenters. The normalized spacial score (nSPS) is 13.3. The molecule has 0 aliphatic rings. The van der Waals surface area contributed by atoms with Gasteiger partial charge in [0.05, 0.1) is 12.8 Å². The predicted octanol–water partition coefficient (Wildman–Crippen LogP) is 0.716. The van der Waals surface area contributed by atoms with Crippen molar-refractivity contribution in [2.75, 3.05) is 6.54 Å². The minimum absolute atomic E-state index is 0.199. The van der Waals surface area contributed by atoms with E-state index in [1.165, 1.54) is 0 Å². The van der Waals surface area contributed by atoms with Crippen LogP contribution in [0.25, 0.3) is 0 Å². The van der Waals surface area contributed by atoms with Crippen LogP contribution in [0.4, 0.5) is 0 Å². The molecule has 0 bridgehead atoms. The van der Waals surface area contributed by atoms with E-state index in [1.807, 2.05) is 19.1 Å². The van der Waals surface area contributed by atoms with Gasteiger partial charge in [0.25, 0.3) is 0 Å². The average molecular weight is 154 g/mol. The van der Waals surface area contributed by atoms with E-state index in [0.717, 1.165) is 18.8 Å². The fraction of sp³-hybridized carbons (Fsp3) is 0.500. The Morgan fingerprint density at radius 3 is 3.09 bits per heavy atom. The van der Waals surface area contributed by atoms with Gasteiger partial charge in [0.2, 0.25) is 0 Å². The molecule has 1 rings (SSSR count). The van der Waals surface area contributed by atoms with Crippen LogP contribution in [0.1, 0.15) is 12.7 Å². The molecule has 1 aromatic rings. The van der Waals surface area contributed by atoms with Gasteiger partial charge in [-0.25, -0.2) is 0 Å². The van der Waals surface area contributed by atoms with Crippen LogP contribution >= 0.6 is 0 Å². The second-order valence-corrected chi connectivity index (χ2v) is 2.69. The SMILES string of the molecule is CC(N)CNCc1ccco1. The zero-order chi connectivity index (χ0) is 8.10. The number of nitrogens with two attached hydrogens (primary N) is 1. The van der Waals surface area contributed by atoms with Crippen molar-refractivity contribution in [2.24, 2.45) is 5.73 Å². The van der Waals surface area contributed by atoms with Gasteiger partial charge in [-0.05, 0) is 19.1 Å². The van der Waals surface area contributed by atoms with Crippen molar-refractivity contribution in [2.45, 2.75) is 19.5 Å². The lowest BCUT2D eigenvalue weighted by molar-refractivity contribution is 0.476. The van der Waals surface area contributed by atoms with Gasteiger partial charge in [-0.2, -0.15) is 0 Å². The van der Waals surface area contributed by atoms with Crippen molar-refractivity contribution in [1.82, 2.24) is 5.32 Å². The number of hydrogen-bond donors (Lipinski definition) is 2. The summed E-state index contributed by atoms with van der Waals surface area (Å²) in [6.07, 6.45) is 1.67. The maximum atomic E-state index is 5.54. The molecule has 0 spiro atoms. The molecule has 3 N–H and O–H groups in total. The zero-order valence-corrected chi connectivity index (χ0v) is 6.71. The van der Waals surface area contributed by atoms with Crippen LogP contribution in [-0.4, -0.2) is 12.6 Å².